The van der Waals surface area contributed by atoms with Crippen LogP contribution in [0.1, 0.15) is 29.9 Å². The van der Waals surface area contributed by atoms with Crippen LogP contribution in [0.15, 0.2) is 65.2 Å². The fourth-order valence-corrected chi connectivity index (χ4v) is 2.53. The van der Waals surface area contributed by atoms with Crippen molar-refractivity contribution in [3.63, 3.8) is 0 Å². The van der Waals surface area contributed by atoms with Crippen molar-refractivity contribution in [1.29, 1.82) is 0 Å². The van der Waals surface area contributed by atoms with Gasteiger partial charge in [-0.15, -0.1) is 0 Å². The summed E-state index contributed by atoms with van der Waals surface area (Å²) in [4.78, 5) is 24.4. The van der Waals surface area contributed by atoms with Gasteiger partial charge in [0.05, 0.1) is 11.3 Å². The molecule has 0 aliphatic heterocycles. The number of nitrogens with one attached hydrogen (secondary N) is 2. The molecule has 144 valence electrons. The van der Waals surface area contributed by atoms with E-state index in [0.29, 0.717) is 17.1 Å². The van der Waals surface area contributed by atoms with Crippen molar-refractivity contribution in [3.05, 3.63) is 71.9 Å². The first kappa shape index (κ1) is 19.2. The Kier molecular flexibility index (Phi) is 6.06. The van der Waals surface area contributed by atoms with Gasteiger partial charge >= 0.3 is 12.0 Å². The Hall–Kier alpha value is -3.61. The van der Waals surface area contributed by atoms with E-state index in [1.807, 2.05) is 44.2 Å². The number of hydrogen-bond acceptors (Lipinski definition) is 5. The number of hydrogen-bond donors (Lipinski definition) is 2. The number of rotatable bonds is 6. The van der Waals surface area contributed by atoms with Crippen molar-refractivity contribution in [3.8, 4) is 11.3 Å². The van der Waals surface area contributed by atoms with Crippen molar-refractivity contribution in [2.24, 2.45) is 0 Å². The molecular formula is C21H21N3O4. The minimum absolute atomic E-state index is 0.0231. The number of amides is 2. The molecule has 2 N–H and O–H groups in total. The number of benzene rings is 2. The molecule has 7 heteroatoms. The SMILES string of the molecule is CC(C)NC(=O)Nc1ccccc1C(=O)OCc1cc(-c2ccccc2)on1. The molecule has 0 saturated heterocycles. The van der Waals surface area contributed by atoms with E-state index in [1.165, 1.54) is 0 Å². The van der Waals surface area contributed by atoms with Gasteiger partial charge in [-0.1, -0.05) is 47.6 Å². The maximum absolute atomic E-state index is 12.5. The third-order valence-electron chi connectivity index (χ3n) is 3.78. The summed E-state index contributed by atoms with van der Waals surface area (Å²) in [6, 6.07) is 17.5. The number of anilines is 1. The molecule has 1 aromatic heterocycles. The smallest absolute Gasteiger partial charge is 0.340 e. The van der Waals surface area contributed by atoms with Gasteiger partial charge in [0.1, 0.15) is 12.3 Å². The summed E-state index contributed by atoms with van der Waals surface area (Å²) < 4.78 is 10.6. The Morgan fingerprint density at radius 1 is 1.07 bits per heavy atom. The molecule has 0 atom stereocenters. The molecule has 3 aromatic rings. The van der Waals surface area contributed by atoms with Crippen LogP contribution in [0.2, 0.25) is 0 Å². The quantitative estimate of drug-likeness (QED) is 0.625. The zero-order valence-electron chi connectivity index (χ0n) is 15.6. The standard InChI is InChI=1S/C21H21N3O4/c1-14(2)22-21(26)23-18-11-7-6-10-17(18)20(25)27-13-16-12-19(28-24-16)15-8-4-3-5-9-15/h3-12,14H,13H2,1-2H3,(H2,22,23,26). The lowest BCUT2D eigenvalue weighted by molar-refractivity contribution is 0.0465. The molecule has 2 aromatic carbocycles. The topological polar surface area (TPSA) is 93.5 Å². The van der Waals surface area contributed by atoms with Crippen LogP contribution in [-0.4, -0.2) is 23.2 Å². The summed E-state index contributed by atoms with van der Waals surface area (Å²) >= 11 is 0. The van der Waals surface area contributed by atoms with Gasteiger partial charge in [0.25, 0.3) is 0 Å². The number of carbonyl (C=O) groups is 2. The van der Waals surface area contributed by atoms with Crippen LogP contribution in [-0.2, 0) is 11.3 Å². The van der Waals surface area contributed by atoms with Gasteiger partial charge in [0, 0.05) is 17.7 Å². The molecule has 0 aliphatic rings. The van der Waals surface area contributed by atoms with E-state index < -0.39 is 5.97 Å². The lowest BCUT2D eigenvalue weighted by Crippen LogP contribution is -2.34. The molecule has 0 saturated carbocycles. The molecule has 0 fully saturated rings. The summed E-state index contributed by atoms with van der Waals surface area (Å²) in [7, 11) is 0. The number of ether oxygens (including phenoxy) is 1. The maximum atomic E-state index is 12.5. The normalized spacial score (nSPS) is 10.5. The van der Waals surface area contributed by atoms with Gasteiger partial charge in [0.2, 0.25) is 0 Å². The second kappa shape index (κ2) is 8.85. The zero-order valence-corrected chi connectivity index (χ0v) is 15.6. The monoisotopic (exact) mass is 379 g/mol. The van der Waals surface area contributed by atoms with Crippen LogP contribution in [0.3, 0.4) is 0 Å². The molecule has 28 heavy (non-hydrogen) atoms. The van der Waals surface area contributed by atoms with E-state index in [2.05, 4.69) is 15.8 Å². The Balaban J connectivity index is 1.64. The van der Waals surface area contributed by atoms with E-state index in [-0.39, 0.29) is 24.2 Å². The van der Waals surface area contributed by atoms with Crippen LogP contribution in [0.25, 0.3) is 11.3 Å². The van der Waals surface area contributed by atoms with E-state index in [0.717, 1.165) is 5.56 Å². The van der Waals surface area contributed by atoms with Gasteiger partial charge in [-0.25, -0.2) is 9.59 Å². The van der Waals surface area contributed by atoms with E-state index in [9.17, 15) is 9.59 Å². The lowest BCUT2D eigenvalue weighted by Gasteiger charge is -2.13. The van der Waals surface area contributed by atoms with Crippen molar-refractivity contribution in [2.45, 2.75) is 26.5 Å². The first-order valence-corrected chi connectivity index (χ1v) is 8.87. The molecular weight excluding hydrogens is 358 g/mol. The number of nitrogens with zero attached hydrogens (tertiary/aromatic N) is 1. The van der Waals surface area contributed by atoms with Gasteiger partial charge < -0.3 is 19.9 Å². The van der Waals surface area contributed by atoms with Crippen molar-refractivity contribution >= 4 is 17.7 Å². The zero-order chi connectivity index (χ0) is 19.9. The number of esters is 1. The Morgan fingerprint density at radius 2 is 1.79 bits per heavy atom. The molecule has 7 nitrogen and oxygen atoms in total. The fourth-order valence-electron chi connectivity index (χ4n) is 2.53. The van der Waals surface area contributed by atoms with Crippen LogP contribution in [0, 0.1) is 0 Å². The average molecular weight is 379 g/mol. The summed E-state index contributed by atoms with van der Waals surface area (Å²) in [6.45, 7) is 3.66. The molecule has 2 amide bonds. The molecule has 0 bridgehead atoms. The summed E-state index contributed by atoms with van der Waals surface area (Å²) in [6.07, 6.45) is 0. The van der Waals surface area contributed by atoms with Gasteiger partial charge in [-0.2, -0.15) is 0 Å². The van der Waals surface area contributed by atoms with Crippen LogP contribution >= 0.6 is 0 Å². The van der Waals surface area contributed by atoms with E-state index in [4.69, 9.17) is 9.26 Å². The number of para-hydroxylation sites is 1. The average Bonchev–Trinajstić information content (AvgIpc) is 3.15. The Morgan fingerprint density at radius 3 is 2.54 bits per heavy atom. The number of carbonyl (C=O) groups excluding carboxylic acids is 2. The predicted molar refractivity (Wildman–Crippen MR) is 105 cm³/mol. The third kappa shape index (κ3) is 4.97. The lowest BCUT2D eigenvalue weighted by atomic mass is 10.1. The minimum atomic E-state index is -0.565. The largest absolute Gasteiger partial charge is 0.455 e. The molecule has 0 aliphatic carbocycles. The number of aromatic nitrogens is 1. The van der Waals surface area contributed by atoms with Crippen LogP contribution in [0.4, 0.5) is 10.5 Å². The summed E-state index contributed by atoms with van der Waals surface area (Å²) in [5, 5.41) is 9.30. The van der Waals surface area contributed by atoms with Crippen LogP contribution < -0.4 is 10.6 Å². The molecule has 1 heterocycles. The highest BCUT2D eigenvalue weighted by Crippen LogP contribution is 2.21. The van der Waals surface area contributed by atoms with Crippen molar-refractivity contribution < 1.29 is 18.8 Å². The highest BCUT2D eigenvalue weighted by molar-refractivity contribution is 6.00. The highest BCUT2D eigenvalue weighted by Gasteiger charge is 2.16. The van der Waals surface area contributed by atoms with E-state index in [1.54, 1.807) is 30.3 Å². The summed E-state index contributed by atoms with van der Waals surface area (Å²) in [5.41, 5.74) is 2.01. The minimum Gasteiger partial charge on any atom is -0.455 e. The second-order valence-corrected chi connectivity index (χ2v) is 6.42. The Bertz CT molecular complexity index is 951. The van der Waals surface area contributed by atoms with Gasteiger partial charge in [-0.3, -0.25) is 0 Å². The highest BCUT2D eigenvalue weighted by atomic mass is 16.5. The van der Waals surface area contributed by atoms with Crippen molar-refractivity contribution in [1.82, 2.24) is 10.5 Å². The maximum Gasteiger partial charge on any atom is 0.340 e. The van der Waals surface area contributed by atoms with Gasteiger partial charge in [0.15, 0.2) is 5.76 Å². The fraction of sp³-hybridized carbons (Fsp3) is 0.190. The first-order chi connectivity index (χ1) is 13.5. The second-order valence-electron chi connectivity index (χ2n) is 6.42. The van der Waals surface area contributed by atoms with Gasteiger partial charge in [-0.05, 0) is 26.0 Å². The molecule has 0 radical (unpaired) electrons. The molecule has 3 rings (SSSR count). The summed E-state index contributed by atoms with van der Waals surface area (Å²) in [5.74, 6) is 0.0313. The third-order valence-corrected chi connectivity index (χ3v) is 3.78. The Labute approximate surface area is 162 Å². The van der Waals surface area contributed by atoms with Crippen LogP contribution in [0.5, 0.6) is 0 Å². The number of urea groups is 1. The molecule has 0 spiro atoms. The molecule has 0 unspecified atom stereocenters. The predicted octanol–water partition coefficient (Wildman–Crippen LogP) is 4.23. The first-order valence-electron chi connectivity index (χ1n) is 8.87. The van der Waals surface area contributed by atoms with Crippen molar-refractivity contribution in [2.75, 3.05) is 5.32 Å². The van der Waals surface area contributed by atoms with E-state index >= 15 is 0 Å².